The number of rotatable bonds is 5. The smallest absolute Gasteiger partial charge is 0.248 e. The normalized spacial score (nSPS) is 11.5. The lowest BCUT2D eigenvalue weighted by atomic mass is 9.87. The molecule has 0 spiro atoms. The van der Waals surface area contributed by atoms with Crippen molar-refractivity contribution in [3.05, 3.63) is 90.5 Å². The van der Waals surface area contributed by atoms with Crippen molar-refractivity contribution in [2.45, 2.75) is 26.2 Å². The molecule has 34 heavy (non-hydrogen) atoms. The minimum Gasteiger partial charge on any atom is -0.416 e. The Labute approximate surface area is 198 Å². The third-order valence-corrected chi connectivity index (χ3v) is 5.62. The van der Waals surface area contributed by atoms with E-state index in [1.807, 2.05) is 60.7 Å². The lowest BCUT2D eigenvalue weighted by molar-refractivity contribution is 0.581. The van der Waals surface area contributed by atoms with Crippen LogP contribution >= 0.6 is 0 Å². The van der Waals surface area contributed by atoms with Crippen LogP contribution in [0.25, 0.3) is 51.9 Å². The average molecular weight is 449 g/mol. The Kier molecular flexibility index (Phi) is 5.42. The van der Waals surface area contributed by atoms with Gasteiger partial charge < -0.3 is 8.83 Å². The molecule has 0 N–H and O–H groups in total. The Hall–Kier alpha value is -4.32. The highest BCUT2D eigenvalue weighted by molar-refractivity contribution is 5.64. The molecule has 0 saturated heterocycles. The lowest BCUT2D eigenvalue weighted by Crippen LogP contribution is -2.10. The van der Waals surface area contributed by atoms with Crippen LogP contribution in [0.5, 0.6) is 0 Å². The first-order valence-corrected chi connectivity index (χ1v) is 11.0. The fourth-order valence-electron chi connectivity index (χ4n) is 3.54. The predicted octanol–water partition coefficient (Wildman–Crippen LogP) is 7.06. The predicted molar refractivity (Wildman–Crippen MR) is 133 cm³/mol. The van der Waals surface area contributed by atoms with E-state index in [0.717, 1.165) is 27.8 Å². The molecular formula is C28H24N4O2. The van der Waals surface area contributed by atoms with E-state index < -0.39 is 0 Å². The van der Waals surface area contributed by atoms with Gasteiger partial charge in [0.25, 0.3) is 0 Å². The molecule has 168 valence electrons. The molecule has 0 aliphatic carbocycles. The zero-order valence-corrected chi connectivity index (χ0v) is 19.3. The summed E-state index contributed by atoms with van der Waals surface area (Å²) < 4.78 is 11.8. The third kappa shape index (κ3) is 4.30. The maximum atomic E-state index is 5.93. The van der Waals surface area contributed by atoms with Crippen LogP contribution in [0, 0.1) is 0 Å². The number of nitrogens with zero attached hydrogens (tertiary/aromatic N) is 4. The Morgan fingerprint density at radius 2 is 0.882 bits per heavy atom. The largest absolute Gasteiger partial charge is 0.416 e. The highest BCUT2D eigenvalue weighted by atomic mass is 16.4. The van der Waals surface area contributed by atoms with Crippen molar-refractivity contribution in [3.8, 4) is 45.8 Å². The van der Waals surface area contributed by atoms with Gasteiger partial charge in [-0.25, -0.2) is 0 Å². The van der Waals surface area contributed by atoms with E-state index >= 15 is 0 Å². The summed E-state index contributed by atoms with van der Waals surface area (Å²) in [6.07, 6.45) is 1.79. The first-order valence-electron chi connectivity index (χ1n) is 11.0. The number of hydrogen-bond acceptors (Lipinski definition) is 6. The van der Waals surface area contributed by atoms with Gasteiger partial charge in [0.15, 0.2) is 0 Å². The monoisotopic (exact) mass is 448 g/mol. The van der Waals surface area contributed by atoms with Gasteiger partial charge in [-0.1, -0.05) is 57.7 Å². The lowest BCUT2D eigenvalue weighted by Gasteiger charge is -2.18. The van der Waals surface area contributed by atoms with E-state index in [0.29, 0.717) is 23.6 Å². The molecule has 0 atom stereocenters. The summed E-state index contributed by atoms with van der Waals surface area (Å²) in [5, 5.41) is 16.8. The van der Waals surface area contributed by atoms with Crippen molar-refractivity contribution in [2.75, 3.05) is 0 Å². The van der Waals surface area contributed by atoms with Crippen LogP contribution in [0.3, 0.4) is 0 Å². The van der Waals surface area contributed by atoms with Gasteiger partial charge in [0.05, 0.1) is 0 Å². The van der Waals surface area contributed by atoms with E-state index in [9.17, 15) is 0 Å². The van der Waals surface area contributed by atoms with Crippen LogP contribution in [-0.4, -0.2) is 20.4 Å². The van der Waals surface area contributed by atoms with Crippen molar-refractivity contribution in [2.24, 2.45) is 0 Å². The molecule has 0 unspecified atom stereocenters. The van der Waals surface area contributed by atoms with Crippen molar-refractivity contribution in [3.63, 3.8) is 0 Å². The van der Waals surface area contributed by atoms with E-state index in [1.54, 1.807) is 6.08 Å². The number of aromatic nitrogens is 4. The summed E-state index contributed by atoms with van der Waals surface area (Å²) >= 11 is 0. The van der Waals surface area contributed by atoms with Gasteiger partial charge in [-0.3, -0.25) is 0 Å². The second kappa shape index (κ2) is 8.56. The van der Waals surface area contributed by atoms with Crippen molar-refractivity contribution in [1.29, 1.82) is 0 Å². The summed E-state index contributed by atoms with van der Waals surface area (Å²) in [4.78, 5) is 0. The van der Waals surface area contributed by atoms with E-state index in [1.165, 1.54) is 5.56 Å². The Bertz CT molecular complexity index is 1420. The molecule has 6 nitrogen and oxygen atoms in total. The molecule has 0 amide bonds. The molecule has 2 heterocycles. The van der Waals surface area contributed by atoms with Crippen LogP contribution in [-0.2, 0) is 5.41 Å². The van der Waals surface area contributed by atoms with Crippen LogP contribution in [0.15, 0.2) is 88.2 Å². The van der Waals surface area contributed by atoms with Crippen LogP contribution in [0.2, 0.25) is 0 Å². The quantitative estimate of drug-likeness (QED) is 0.286. The number of hydrogen-bond donors (Lipinski definition) is 0. The molecule has 0 saturated carbocycles. The molecule has 5 aromatic rings. The summed E-state index contributed by atoms with van der Waals surface area (Å²) in [5.74, 6) is 1.85. The van der Waals surface area contributed by atoms with Gasteiger partial charge in [-0.15, -0.1) is 20.4 Å². The summed E-state index contributed by atoms with van der Waals surface area (Å²) in [6, 6.07) is 23.6. The Morgan fingerprint density at radius 1 is 0.559 bits per heavy atom. The highest BCUT2D eigenvalue weighted by Crippen LogP contribution is 2.29. The van der Waals surface area contributed by atoms with Gasteiger partial charge in [0.2, 0.25) is 23.6 Å². The Morgan fingerprint density at radius 3 is 1.21 bits per heavy atom. The van der Waals surface area contributed by atoms with Crippen LogP contribution < -0.4 is 0 Å². The molecule has 3 aromatic carbocycles. The van der Waals surface area contributed by atoms with Crippen molar-refractivity contribution >= 4 is 6.08 Å². The molecule has 0 radical (unpaired) electrons. The SMILES string of the molecule is C=Cc1ccc(-c2nnc(-c3ccc(-c4nnc(-c5ccc(C(C)(C)C)cc5)o4)cc3)o2)cc1. The minimum absolute atomic E-state index is 0.0928. The van der Waals surface area contributed by atoms with Crippen molar-refractivity contribution in [1.82, 2.24) is 20.4 Å². The molecule has 0 bridgehead atoms. The summed E-state index contributed by atoms with van der Waals surface area (Å²) in [6.45, 7) is 10.3. The molecule has 5 rings (SSSR count). The molecule has 0 fully saturated rings. The molecule has 0 aliphatic heterocycles. The maximum Gasteiger partial charge on any atom is 0.248 e. The van der Waals surface area contributed by atoms with Gasteiger partial charge in [-0.05, 0) is 65.1 Å². The number of benzene rings is 3. The van der Waals surface area contributed by atoms with E-state index in [-0.39, 0.29) is 5.41 Å². The topological polar surface area (TPSA) is 77.8 Å². The second-order valence-electron chi connectivity index (χ2n) is 9.06. The van der Waals surface area contributed by atoms with Crippen LogP contribution in [0.4, 0.5) is 0 Å². The standard InChI is InChI=1S/C28H24N4O2/c1-5-18-6-8-19(9-7-18)24-29-30-25(33-24)20-10-12-21(13-11-20)26-31-32-27(34-26)22-14-16-23(17-15-22)28(2,3)4/h5-17H,1H2,2-4H3. The average Bonchev–Trinajstić information content (AvgIpc) is 3.54. The maximum absolute atomic E-state index is 5.93. The summed E-state index contributed by atoms with van der Waals surface area (Å²) in [7, 11) is 0. The molecular weight excluding hydrogens is 424 g/mol. The zero-order chi connectivity index (χ0) is 23.7. The van der Waals surface area contributed by atoms with Gasteiger partial charge in [0, 0.05) is 22.3 Å². The minimum atomic E-state index is 0.0928. The van der Waals surface area contributed by atoms with Gasteiger partial charge >= 0.3 is 0 Å². The molecule has 0 aliphatic rings. The van der Waals surface area contributed by atoms with Crippen molar-refractivity contribution < 1.29 is 8.83 Å². The van der Waals surface area contributed by atoms with E-state index in [2.05, 4.69) is 59.9 Å². The first-order chi connectivity index (χ1) is 16.4. The van der Waals surface area contributed by atoms with Crippen LogP contribution in [0.1, 0.15) is 31.9 Å². The van der Waals surface area contributed by atoms with Gasteiger partial charge in [0.1, 0.15) is 0 Å². The zero-order valence-electron chi connectivity index (χ0n) is 19.3. The second-order valence-corrected chi connectivity index (χ2v) is 9.06. The highest BCUT2D eigenvalue weighted by Gasteiger charge is 2.16. The Balaban J connectivity index is 1.33. The third-order valence-electron chi connectivity index (χ3n) is 5.62. The van der Waals surface area contributed by atoms with E-state index in [4.69, 9.17) is 8.83 Å². The fourth-order valence-corrected chi connectivity index (χ4v) is 3.54. The first kappa shape index (κ1) is 21.5. The van der Waals surface area contributed by atoms with Gasteiger partial charge in [-0.2, -0.15) is 0 Å². The molecule has 6 heteroatoms. The summed E-state index contributed by atoms with van der Waals surface area (Å²) in [5.41, 5.74) is 5.75. The fraction of sp³-hybridized carbons (Fsp3) is 0.143. The molecule has 2 aromatic heterocycles.